The lowest BCUT2D eigenvalue weighted by molar-refractivity contribution is 0.579. The van der Waals surface area contributed by atoms with E-state index in [0.717, 1.165) is 6.07 Å². The lowest BCUT2D eigenvalue weighted by Crippen LogP contribution is -1.94. The van der Waals surface area contributed by atoms with Gasteiger partial charge in [0.1, 0.15) is 28.1 Å². The molecule has 2 nitrogen and oxygen atoms in total. The number of fused-ring (bicyclic) bond motifs is 1. The summed E-state index contributed by atoms with van der Waals surface area (Å²) >= 11 is 14.3. The quantitative estimate of drug-likeness (QED) is 0.526. The monoisotopic (exact) mass is 336 g/mol. The molecule has 0 fully saturated rings. The lowest BCUT2D eigenvalue weighted by Gasteiger charge is -2.06. The molecule has 2 rings (SSSR count). The van der Waals surface area contributed by atoms with Gasteiger partial charge in [-0.3, -0.25) is 0 Å². The minimum atomic E-state index is -0.909. The van der Waals surface area contributed by atoms with E-state index in [1.54, 1.807) is 6.07 Å². The number of rotatable bonds is 0. The number of pyridine rings is 1. The first-order valence-corrected chi connectivity index (χ1v) is 5.74. The van der Waals surface area contributed by atoms with Crippen LogP contribution in [-0.4, -0.2) is 4.98 Å². The summed E-state index contributed by atoms with van der Waals surface area (Å²) < 4.78 is 26.7. The van der Waals surface area contributed by atoms with E-state index in [4.69, 9.17) is 28.5 Å². The van der Waals surface area contributed by atoms with Gasteiger partial charge in [-0.05, 0) is 22.0 Å². The molecule has 0 aliphatic heterocycles. The smallest absolute Gasteiger partial charge is 0.166 e. The van der Waals surface area contributed by atoms with Crippen molar-refractivity contribution in [2.45, 2.75) is 0 Å². The fourth-order valence-electron chi connectivity index (χ4n) is 1.34. The number of nitrogens with zero attached hydrogens (tertiary/aromatic N) is 2. The van der Waals surface area contributed by atoms with Crippen LogP contribution >= 0.6 is 39.1 Å². The molecule has 0 aliphatic carbocycles. The van der Waals surface area contributed by atoms with E-state index in [1.807, 2.05) is 0 Å². The highest BCUT2D eigenvalue weighted by molar-refractivity contribution is 9.10. The highest BCUT2D eigenvalue weighted by atomic mass is 79.9. The summed E-state index contributed by atoms with van der Waals surface area (Å²) in [7, 11) is 0. The Labute approximate surface area is 113 Å². The van der Waals surface area contributed by atoms with E-state index < -0.39 is 11.6 Å². The molecule has 0 saturated carbocycles. The molecule has 0 bridgehead atoms. The van der Waals surface area contributed by atoms with Crippen molar-refractivity contribution in [1.82, 2.24) is 4.98 Å². The fraction of sp³-hybridized carbons (Fsp3) is 0. The van der Waals surface area contributed by atoms with Gasteiger partial charge in [0.15, 0.2) is 5.82 Å². The summed E-state index contributed by atoms with van der Waals surface area (Å²) in [5, 5.41) is 8.46. The molecule has 1 aromatic heterocycles. The van der Waals surface area contributed by atoms with Crippen molar-refractivity contribution >= 4 is 50.0 Å². The summed E-state index contributed by atoms with van der Waals surface area (Å²) in [6.45, 7) is 0. The molecule has 86 valence electrons. The van der Waals surface area contributed by atoms with Crippen molar-refractivity contribution in [2.24, 2.45) is 0 Å². The van der Waals surface area contributed by atoms with E-state index in [1.165, 1.54) is 0 Å². The molecule has 0 spiro atoms. The standard InChI is InChI=1S/C10HBrCl2F2N2/c11-6-5(14)1-3-7(12)4(2-16)10(13)17-9(3)8(6)15/h1H. The molecule has 0 saturated heterocycles. The normalized spacial score (nSPS) is 10.6. The average Bonchev–Trinajstić information content (AvgIpc) is 2.29. The van der Waals surface area contributed by atoms with Gasteiger partial charge in [0, 0.05) is 5.39 Å². The molecule has 0 radical (unpaired) electrons. The highest BCUT2D eigenvalue weighted by Gasteiger charge is 2.19. The molecule has 1 aromatic carbocycles. The Morgan fingerprint density at radius 1 is 1.35 bits per heavy atom. The van der Waals surface area contributed by atoms with E-state index in [9.17, 15) is 8.78 Å². The maximum absolute atomic E-state index is 13.7. The van der Waals surface area contributed by atoms with E-state index in [-0.39, 0.29) is 31.1 Å². The molecule has 1 heterocycles. The number of benzene rings is 1. The van der Waals surface area contributed by atoms with Gasteiger partial charge in [-0.1, -0.05) is 23.2 Å². The summed E-state index contributed by atoms with van der Waals surface area (Å²) in [6, 6.07) is 2.72. The van der Waals surface area contributed by atoms with Crippen molar-refractivity contribution in [2.75, 3.05) is 0 Å². The van der Waals surface area contributed by atoms with Crippen molar-refractivity contribution in [3.63, 3.8) is 0 Å². The van der Waals surface area contributed by atoms with Gasteiger partial charge in [-0.2, -0.15) is 5.26 Å². The number of hydrogen-bond acceptors (Lipinski definition) is 2. The van der Waals surface area contributed by atoms with Crippen LogP contribution in [0.4, 0.5) is 8.78 Å². The molecule has 0 amide bonds. The third kappa shape index (κ3) is 1.86. The Kier molecular flexibility index (Phi) is 3.21. The largest absolute Gasteiger partial charge is 0.231 e. The van der Waals surface area contributed by atoms with Gasteiger partial charge in [-0.15, -0.1) is 0 Å². The van der Waals surface area contributed by atoms with E-state index >= 15 is 0 Å². The van der Waals surface area contributed by atoms with Gasteiger partial charge in [0.2, 0.25) is 0 Å². The molecular formula is C10HBrCl2F2N2. The van der Waals surface area contributed by atoms with Crippen LogP contribution in [0.5, 0.6) is 0 Å². The van der Waals surface area contributed by atoms with Gasteiger partial charge in [0.05, 0.1) is 9.50 Å². The molecule has 0 N–H and O–H groups in total. The Morgan fingerprint density at radius 3 is 2.59 bits per heavy atom. The fourth-order valence-corrected chi connectivity index (χ4v) is 2.18. The predicted octanol–water partition coefficient (Wildman–Crippen LogP) is 4.45. The van der Waals surface area contributed by atoms with Crippen molar-refractivity contribution in [3.8, 4) is 6.07 Å². The minimum absolute atomic E-state index is 0.00539. The minimum Gasteiger partial charge on any atom is -0.231 e. The summed E-state index contributed by atoms with van der Waals surface area (Å²) in [5.41, 5.74) is -0.297. The van der Waals surface area contributed by atoms with Crippen molar-refractivity contribution in [3.05, 3.63) is 37.9 Å². The zero-order valence-electron chi connectivity index (χ0n) is 7.86. The molecule has 17 heavy (non-hydrogen) atoms. The zero-order chi connectivity index (χ0) is 12.7. The Balaban J connectivity index is 3.04. The van der Waals surface area contributed by atoms with Crippen LogP contribution in [0, 0.1) is 23.0 Å². The van der Waals surface area contributed by atoms with Crippen molar-refractivity contribution in [1.29, 1.82) is 5.26 Å². The second kappa shape index (κ2) is 4.37. The second-order valence-electron chi connectivity index (χ2n) is 3.09. The first kappa shape index (κ1) is 12.5. The molecule has 0 atom stereocenters. The SMILES string of the molecule is N#Cc1c(Cl)nc2c(F)c(Br)c(F)cc2c1Cl. The van der Waals surface area contributed by atoms with Gasteiger partial charge >= 0.3 is 0 Å². The number of aromatic nitrogens is 1. The third-order valence-electron chi connectivity index (χ3n) is 2.12. The summed E-state index contributed by atoms with van der Waals surface area (Å²) in [4.78, 5) is 3.70. The number of halogens is 5. The average molecular weight is 338 g/mol. The Bertz CT molecular complexity index is 683. The van der Waals surface area contributed by atoms with Crippen LogP contribution in [0.2, 0.25) is 10.2 Å². The van der Waals surface area contributed by atoms with Gasteiger partial charge in [0.25, 0.3) is 0 Å². The second-order valence-corrected chi connectivity index (χ2v) is 4.61. The maximum atomic E-state index is 13.7. The van der Waals surface area contributed by atoms with Crippen LogP contribution in [0.3, 0.4) is 0 Å². The lowest BCUT2D eigenvalue weighted by atomic mass is 10.1. The van der Waals surface area contributed by atoms with Crippen LogP contribution in [0.1, 0.15) is 5.56 Å². The predicted molar refractivity (Wildman–Crippen MR) is 64.1 cm³/mol. The van der Waals surface area contributed by atoms with Crippen molar-refractivity contribution < 1.29 is 8.78 Å². The van der Waals surface area contributed by atoms with Crippen LogP contribution < -0.4 is 0 Å². The van der Waals surface area contributed by atoms with Gasteiger partial charge in [-0.25, -0.2) is 13.8 Å². The molecule has 2 aromatic rings. The molecule has 7 heteroatoms. The topological polar surface area (TPSA) is 36.7 Å². The van der Waals surface area contributed by atoms with Crippen LogP contribution in [-0.2, 0) is 0 Å². The highest BCUT2D eigenvalue weighted by Crippen LogP contribution is 2.35. The molecule has 0 aliphatic rings. The molecular weight excluding hydrogens is 337 g/mol. The van der Waals surface area contributed by atoms with Crippen LogP contribution in [0.15, 0.2) is 10.5 Å². The zero-order valence-corrected chi connectivity index (χ0v) is 11.0. The number of hydrogen-bond donors (Lipinski definition) is 0. The van der Waals surface area contributed by atoms with E-state index in [2.05, 4.69) is 20.9 Å². The first-order valence-electron chi connectivity index (χ1n) is 4.19. The van der Waals surface area contributed by atoms with Crippen LogP contribution in [0.25, 0.3) is 10.9 Å². The summed E-state index contributed by atoms with van der Waals surface area (Å²) in [6.07, 6.45) is 0. The third-order valence-corrected chi connectivity index (χ3v) is 3.51. The Morgan fingerprint density at radius 2 is 2.00 bits per heavy atom. The summed E-state index contributed by atoms with van der Waals surface area (Å²) in [5.74, 6) is -1.74. The maximum Gasteiger partial charge on any atom is 0.166 e. The molecule has 0 unspecified atom stereocenters. The Hall–Kier alpha value is -0.960. The number of nitriles is 1. The first-order chi connectivity index (χ1) is 7.97. The van der Waals surface area contributed by atoms with E-state index in [0.29, 0.717) is 0 Å². The van der Waals surface area contributed by atoms with Gasteiger partial charge < -0.3 is 0 Å².